The van der Waals surface area contributed by atoms with E-state index in [1.54, 1.807) is 12.5 Å². The Morgan fingerprint density at radius 1 is 1.53 bits per heavy atom. The van der Waals surface area contributed by atoms with Crippen molar-refractivity contribution < 1.29 is 14.7 Å². The van der Waals surface area contributed by atoms with Crippen molar-refractivity contribution >= 4 is 11.9 Å². The molecular weight excluding hydrogens is 222 g/mol. The highest BCUT2D eigenvalue weighted by Gasteiger charge is 2.41. The average Bonchev–Trinajstić information content (AvgIpc) is 2.87. The Bertz CT molecular complexity index is 478. The zero-order valence-electron chi connectivity index (χ0n) is 9.17. The first-order valence-electron chi connectivity index (χ1n) is 5.70. The lowest BCUT2D eigenvalue weighted by atomic mass is 9.97. The van der Waals surface area contributed by atoms with Crippen molar-refractivity contribution in [2.75, 3.05) is 0 Å². The highest BCUT2D eigenvalue weighted by molar-refractivity contribution is 5.89. The van der Waals surface area contributed by atoms with Gasteiger partial charge in [0.05, 0.1) is 6.33 Å². The summed E-state index contributed by atoms with van der Waals surface area (Å²) in [5.74, 6) is -1.49. The number of nitrogens with one attached hydrogen (secondary N) is 1. The highest BCUT2D eigenvalue weighted by Crippen LogP contribution is 2.39. The van der Waals surface area contributed by atoms with Crippen LogP contribution in [-0.4, -0.2) is 32.6 Å². The van der Waals surface area contributed by atoms with E-state index in [9.17, 15) is 9.59 Å². The second-order valence-corrected chi connectivity index (χ2v) is 4.65. The van der Waals surface area contributed by atoms with E-state index in [4.69, 9.17) is 5.11 Å². The van der Waals surface area contributed by atoms with Gasteiger partial charge >= 0.3 is 5.97 Å². The highest BCUT2D eigenvalue weighted by atomic mass is 16.4. The topological polar surface area (TPSA) is 84.2 Å². The first-order valence-corrected chi connectivity index (χ1v) is 5.70. The zero-order valence-corrected chi connectivity index (χ0v) is 9.17. The molecule has 1 aliphatic heterocycles. The van der Waals surface area contributed by atoms with Crippen LogP contribution in [0, 0.1) is 0 Å². The summed E-state index contributed by atoms with van der Waals surface area (Å²) in [6, 6.07) is -0.380. The van der Waals surface area contributed by atoms with Crippen LogP contribution in [0.15, 0.2) is 12.5 Å². The van der Waals surface area contributed by atoms with E-state index >= 15 is 0 Å². The van der Waals surface area contributed by atoms with Crippen LogP contribution in [0.2, 0.25) is 0 Å². The smallest absolute Gasteiger partial charge is 0.326 e. The number of amides is 1. The Hall–Kier alpha value is -1.85. The fourth-order valence-corrected chi connectivity index (χ4v) is 2.42. The molecular formula is C11H13N3O3. The van der Waals surface area contributed by atoms with Gasteiger partial charge in [-0.25, -0.2) is 9.78 Å². The van der Waals surface area contributed by atoms with Crippen LogP contribution < -0.4 is 5.32 Å². The number of aromatic nitrogens is 2. The van der Waals surface area contributed by atoms with Crippen molar-refractivity contribution in [3.05, 3.63) is 18.2 Å². The number of carboxylic acids is 1. The minimum Gasteiger partial charge on any atom is -0.480 e. The standard InChI is InChI=1S/C11H13N3O3/c15-9-3-7(10(13-9)11(16)17)8-4-12-5-14(8)6-1-2-6/h4-7,10H,1-3H2,(H,13,15)(H,16,17). The van der Waals surface area contributed by atoms with Gasteiger partial charge in [0.15, 0.2) is 0 Å². The number of hydrogen-bond acceptors (Lipinski definition) is 3. The summed E-state index contributed by atoms with van der Waals surface area (Å²) < 4.78 is 2.01. The van der Waals surface area contributed by atoms with Crippen LogP contribution in [0.25, 0.3) is 0 Å². The Labute approximate surface area is 97.6 Å². The van der Waals surface area contributed by atoms with Gasteiger partial charge < -0.3 is 15.0 Å². The summed E-state index contributed by atoms with van der Waals surface area (Å²) in [6.45, 7) is 0. The van der Waals surface area contributed by atoms with Crippen LogP contribution in [-0.2, 0) is 9.59 Å². The van der Waals surface area contributed by atoms with E-state index in [-0.39, 0.29) is 18.2 Å². The second-order valence-electron chi connectivity index (χ2n) is 4.65. The number of carbonyl (C=O) groups is 2. The summed E-state index contributed by atoms with van der Waals surface area (Å²) in [5.41, 5.74) is 0.859. The molecule has 90 valence electrons. The molecule has 1 amide bonds. The maximum absolute atomic E-state index is 11.4. The Morgan fingerprint density at radius 2 is 2.29 bits per heavy atom. The van der Waals surface area contributed by atoms with Crippen LogP contribution in [0.1, 0.15) is 36.9 Å². The van der Waals surface area contributed by atoms with E-state index in [0.29, 0.717) is 6.04 Å². The number of carboxylic acid groups (broad SMARTS) is 1. The van der Waals surface area contributed by atoms with Gasteiger partial charge in [0.1, 0.15) is 6.04 Å². The summed E-state index contributed by atoms with van der Waals surface area (Å²) in [6.07, 6.45) is 5.85. The Morgan fingerprint density at radius 3 is 2.94 bits per heavy atom. The fraction of sp³-hybridized carbons (Fsp3) is 0.545. The number of rotatable bonds is 3. The molecule has 1 saturated carbocycles. The van der Waals surface area contributed by atoms with Crippen LogP contribution in [0.5, 0.6) is 0 Å². The van der Waals surface area contributed by atoms with Crippen molar-refractivity contribution in [3.63, 3.8) is 0 Å². The molecule has 3 rings (SSSR count). The minimum atomic E-state index is -0.982. The Kier molecular flexibility index (Phi) is 2.17. The van der Waals surface area contributed by atoms with Crippen molar-refractivity contribution in [2.45, 2.75) is 37.3 Å². The zero-order chi connectivity index (χ0) is 12.0. The lowest BCUT2D eigenvalue weighted by Gasteiger charge is -2.16. The lowest BCUT2D eigenvalue weighted by Crippen LogP contribution is -2.36. The SMILES string of the molecule is O=C1CC(c2cncn2C2CC2)C(C(=O)O)N1. The first kappa shape index (κ1) is 10.3. The normalized spacial score (nSPS) is 28.1. The van der Waals surface area contributed by atoms with Crippen molar-refractivity contribution in [2.24, 2.45) is 0 Å². The van der Waals surface area contributed by atoms with Gasteiger partial charge in [0.2, 0.25) is 5.91 Å². The third-order valence-electron chi connectivity index (χ3n) is 3.41. The molecule has 2 heterocycles. The molecule has 0 bridgehead atoms. The molecule has 2 fully saturated rings. The van der Waals surface area contributed by atoms with Crippen molar-refractivity contribution in [1.82, 2.24) is 14.9 Å². The monoisotopic (exact) mass is 235 g/mol. The molecule has 6 nitrogen and oxygen atoms in total. The number of carbonyl (C=O) groups excluding carboxylic acids is 1. The van der Waals surface area contributed by atoms with Crippen molar-refractivity contribution in [1.29, 1.82) is 0 Å². The summed E-state index contributed by atoms with van der Waals surface area (Å²) in [5, 5.41) is 11.6. The molecule has 2 aliphatic rings. The molecule has 1 aliphatic carbocycles. The van der Waals surface area contributed by atoms with E-state index in [2.05, 4.69) is 10.3 Å². The fourth-order valence-electron chi connectivity index (χ4n) is 2.42. The summed E-state index contributed by atoms with van der Waals surface area (Å²) >= 11 is 0. The van der Waals surface area contributed by atoms with Gasteiger partial charge in [-0.1, -0.05) is 0 Å². The minimum absolute atomic E-state index is 0.203. The van der Waals surface area contributed by atoms with Gasteiger partial charge in [-0.2, -0.15) is 0 Å². The van der Waals surface area contributed by atoms with E-state index < -0.39 is 12.0 Å². The number of imidazole rings is 1. The van der Waals surface area contributed by atoms with Gasteiger partial charge in [-0.15, -0.1) is 0 Å². The third-order valence-corrected chi connectivity index (χ3v) is 3.41. The molecule has 1 aromatic rings. The number of nitrogens with zero attached hydrogens (tertiary/aromatic N) is 2. The molecule has 17 heavy (non-hydrogen) atoms. The molecule has 6 heteroatoms. The molecule has 0 spiro atoms. The molecule has 2 N–H and O–H groups in total. The van der Waals surface area contributed by atoms with E-state index in [0.717, 1.165) is 18.5 Å². The summed E-state index contributed by atoms with van der Waals surface area (Å²) in [4.78, 5) is 26.5. The summed E-state index contributed by atoms with van der Waals surface area (Å²) in [7, 11) is 0. The molecule has 2 atom stereocenters. The average molecular weight is 235 g/mol. The molecule has 2 unspecified atom stereocenters. The van der Waals surface area contributed by atoms with Gasteiger partial charge in [-0.3, -0.25) is 4.79 Å². The van der Waals surface area contributed by atoms with E-state index in [1.165, 1.54) is 0 Å². The first-order chi connectivity index (χ1) is 8.16. The van der Waals surface area contributed by atoms with E-state index in [1.807, 2.05) is 4.57 Å². The third kappa shape index (κ3) is 1.69. The quantitative estimate of drug-likeness (QED) is 0.787. The number of aliphatic carboxylic acids is 1. The second kappa shape index (κ2) is 3.58. The molecule has 0 aromatic carbocycles. The molecule has 1 aromatic heterocycles. The number of hydrogen-bond donors (Lipinski definition) is 2. The van der Waals surface area contributed by atoms with Crippen LogP contribution >= 0.6 is 0 Å². The lowest BCUT2D eigenvalue weighted by molar-refractivity contribution is -0.140. The van der Waals surface area contributed by atoms with Crippen molar-refractivity contribution in [3.8, 4) is 0 Å². The maximum Gasteiger partial charge on any atom is 0.326 e. The predicted molar refractivity (Wildman–Crippen MR) is 57.4 cm³/mol. The Balaban J connectivity index is 1.93. The van der Waals surface area contributed by atoms with Gasteiger partial charge in [0, 0.05) is 30.3 Å². The largest absolute Gasteiger partial charge is 0.480 e. The molecule has 1 saturated heterocycles. The van der Waals surface area contributed by atoms with Gasteiger partial charge in [-0.05, 0) is 12.8 Å². The van der Waals surface area contributed by atoms with Gasteiger partial charge in [0.25, 0.3) is 0 Å². The molecule has 0 radical (unpaired) electrons. The van der Waals surface area contributed by atoms with Crippen LogP contribution in [0.4, 0.5) is 0 Å². The maximum atomic E-state index is 11.4. The van der Waals surface area contributed by atoms with Crippen LogP contribution in [0.3, 0.4) is 0 Å². The predicted octanol–water partition coefficient (Wildman–Crippen LogP) is 0.275.